The summed E-state index contributed by atoms with van der Waals surface area (Å²) in [5, 5.41) is 11.4. The number of methoxy groups -OCH3 is 1. The fourth-order valence-electron chi connectivity index (χ4n) is 1.51. The summed E-state index contributed by atoms with van der Waals surface area (Å²) < 4.78 is 4.77. The number of hydrogen-bond acceptors (Lipinski definition) is 4. The lowest BCUT2D eigenvalue weighted by molar-refractivity contribution is -0.145. The molecule has 104 valence electrons. The highest BCUT2D eigenvalue weighted by atomic mass is 16.5. The van der Waals surface area contributed by atoms with E-state index in [1.54, 1.807) is 13.0 Å². The number of H-pyrrole nitrogens is 1. The van der Waals surface area contributed by atoms with Gasteiger partial charge in [-0.25, -0.2) is 4.79 Å². The number of aromatic amines is 1. The Morgan fingerprint density at radius 1 is 1.47 bits per heavy atom. The second kappa shape index (κ2) is 5.66. The number of amides is 1. The minimum Gasteiger partial charge on any atom is -0.479 e. The molecule has 1 aromatic heterocycles. The number of carbonyl (C=O) groups excluding carboxylic acids is 1. The molecule has 3 N–H and O–H groups in total. The predicted octanol–water partition coefficient (Wildman–Crippen LogP) is -0.0972. The average Bonchev–Trinajstić information content (AvgIpc) is 2.28. The molecule has 0 aliphatic rings. The van der Waals surface area contributed by atoms with Crippen LogP contribution in [0.4, 0.5) is 0 Å². The molecule has 0 aromatic carbocycles. The number of carboxylic acid groups (broad SMARTS) is 1. The van der Waals surface area contributed by atoms with Gasteiger partial charge in [-0.1, -0.05) is 0 Å². The smallest absolute Gasteiger partial charge is 0.331 e. The number of aromatic nitrogens is 1. The third kappa shape index (κ3) is 3.41. The van der Waals surface area contributed by atoms with Crippen LogP contribution in [0.2, 0.25) is 0 Å². The second-order valence-corrected chi connectivity index (χ2v) is 4.41. The summed E-state index contributed by atoms with van der Waals surface area (Å²) in [6, 6.07) is 2.91. The number of ether oxygens (including phenoxy) is 1. The van der Waals surface area contributed by atoms with Crippen LogP contribution in [0.15, 0.2) is 16.9 Å². The van der Waals surface area contributed by atoms with E-state index in [9.17, 15) is 14.4 Å². The molecule has 0 radical (unpaired) electrons. The van der Waals surface area contributed by atoms with Crippen LogP contribution in [-0.2, 0) is 9.53 Å². The summed E-state index contributed by atoms with van der Waals surface area (Å²) in [4.78, 5) is 37.1. The van der Waals surface area contributed by atoms with Gasteiger partial charge in [-0.3, -0.25) is 9.59 Å². The number of nitrogens with one attached hydrogen (secondary N) is 2. The Bertz CT molecular complexity index is 551. The molecule has 0 spiro atoms. The lowest BCUT2D eigenvalue weighted by Gasteiger charge is -2.25. The van der Waals surface area contributed by atoms with Crippen LogP contribution in [0.1, 0.15) is 23.0 Å². The lowest BCUT2D eigenvalue weighted by atomic mass is 10.0. The van der Waals surface area contributed by atoms with Crippen molar-refractivity contribution in [1.29, 1.82) is 0 Å². The van der Waals surface area contributed by atoms with Crippen LogP contribution in [-0.4, -0.2) is 41.2 Å². The molecule has 1 unspecified atom stereocenters. The Kier molecular flexibility index (Phi) is 4.44. The van der Waals surface area contributed by atoms with Gasteiger partial charge >= 0.3 is 5.97 Å². The number of hydrogen-bond donors (Lipinski definition) is 3. The molecule has 0 saturated carbocycles. The largest absolute Gasteiger partial charge is 0.479 e. The second-order valence-electron chi connectivity index (χ2n) is 4.41. The van der Waals surface area contributed by atoms with E-state index >= 15 is 0 Å². The fraction of sp³-hybridized carbons (Fsp3) is 0.417. The number of rotatable bonds is 5. The Morgan fingerprint density at radius 3 is 2.58 bits per heavy atom. The van der Waals surface area contributed by atoms with Crippen molar-refractivity contribution in [2.75, 3.05) is 13.7 Å². The minimum absolute atomic E-state index is 0.144. The van der Waals surface area contributed by atoms with Gasteiger partial charge in [0.05, 0.1) is 6.61 Å². The zero-order chi connectivity index (χ0) is 14.6. The fourth-order valence-corrected chi connectivity index (χ4v) is 1.51. The van der Waals surface area contributed by atoms with E-state index in [1.165, 1.54) is 20.1 Å². The molecule has 0 bridgehead atoms. The van der Waals surface area contributed by atoms with E-state index in [4.69, 9.17) is 9.84 Å². The van der Waals surface area contributed by atoms with Crippen molar-refractivity contribution in [3.8, 4) is 0 Å². The van der Waals surface area contributed by atoms with Crippen molar-refractivity contribution < 1.29 is 19.4 Å². The van der Waals surface area contributed by atoms with E-state index in [0.717, 1.165) is 0 Å². The standard InChI is InChI=1S/C12H16N2O5/c1-7-4-5-8(9(15)13-7)10(16)14-12(2,6-19-3)11(17)18/h4-5H,6H2,1-3H3,(H,13,15)(H,14,16)(H,17,18). The molecule has 1 atom stereocenters. The zero-order valence-electron chi connectivity index (χ0n) is 10.9. The summed E-state index contributed by atoms with van der Waals surface area (Å²) in [7, 11) is 1.33. The van der Waals surface area contributed by atoms with E-state index in [1.807, 2.05) is 0 Å². The number of aryl methyl sites for hydroxylation is 1. The van der Waals surface area contributed by atoms with Crippen molar-refractivity contribution in [3.05, 3.63) is 33.7 Å². The third-order valence-corrected chi connectivity index (χ3v) is 2.59. The molecule has 1 aromatic rings. The van der Waals surface area contributed by atoms with Gasteiger partial charge in [-0.2, -0.15) is 0 Å². The van der Waals surface area contributed by atoms with Crippen molar-refractivity contribution in [3.63, 3.8) is 0 Å². The summed E-state index contributed by atoms with van der Waals surface area (Å²) in [5.74, 6) is -2.01. The molecule has 0 aliphatic carbocycles. The molecule has 7 nitrogen and oxygen atoms in total. The maximum atomic E-state index is 11.9. The molecule has 1 amide bonds. The quantitative estimate of drug-likeness (QED) is 0.691. The monoisotopic (exact) mass is 268 g/mol. The normalized spacial score (nSPS) is 13.6. The topological polar surface area (TPSA) is 108 Å². The Hall–Kier alpha value is -2.15. The van der Waals surface area contributed by atoms with Gasteiger partial charge in [0.15, 0.2) is 5.54 Å². The Labute approximate surface area is 109 Å². The van der Waals surface area contributed by atoms with E-state index in [0.29, 0.717) is 5.69 Å². The first kappa shape index (κ1) is 14.9. The van der Waals surface area contributed by atoms with E-state index in [2.05, 4.69) is 10.3 Å². The van der Waals surface area contributed by atoms with E-state index in [-0.39, 0.29) is 12.2 Å². The third-order valence-electron chi connectivity index (χ3n) is 2.59. The number of pyridine rings is 1. The van der Waals surface area contributed by atoms with Crippen molar-refractivity contribution >= 4 is 11.9 Å². The van der Waals surface area contributed by atoms with Gasteiger partial charge in [0, 0.05) is 12.8 Å². The summed E-state index contributed by atoms with van der Waals surface area (Å²) >= 11 is 0. The van der Waals surface area contributed by atoms with Crippen LogP contribution < -0.4 is 10.9 Å². The summed E-state index contributed by atoms with van der Waals surface area (Å²) in [6.45, 7) is 2.77. The van der Waals surface area contributed by atoms with Gasteiger partial charge in [0.25, 0.3) is 11.5 Å². The average molecular weight is 268 g/mol. The highest BCUT2D eigenvalue weighted by molar-refractivity contribution is 5.97. The minimum atomic E-state index is -1.59. The highest BCUT2D eigenvalue weighted by Gasteiger charge is 2.35. The van der Waals surface area contributed by atoms with Crippen LogP contribution in [0.5, 0.6) is 0 Å². The van der Waals surface area contributed by atoms with E-state index < -0.39 is 23.0 Å². The molecule has 0 aliphatic heterocycles. The maximum absolute atomic E-state index is 11.9. The first-order valence-corrected chi connectivity index (χ1v) is 5.55. The maximum Gasteiger partial charge on any atom is 0.331 e. The molecule has 19 heavy (non-hydrogen) atoms. The van der Waals surface area contributed by atoms with Crippen LogP contribution in [0.3, 0.4) is 0 Å². The zero-order valence-corrected chi connectivity index (χ0v) is 10.9. The summed E-state index contributed by atoms with van der Waals surface area (Å²) in [5.41, 5.74) is -1.69. The molecule has 1 heterocycles. The Morgan fingerprint density at radius 2 is 2.11 bits per heavy atom. The molecule has 0 saturated heterocycles. The molecule has 1 rings (SSSR count). The van der Waals surface area contributed by atoms with Gasteiger partial charge in [-0.05, 0) is 26.0 Å². The van der Waals surface area contributed by atoms with Crippen LogP contribution in [0.25, 0.3) is 0 Å². The first-order valence-electron chi connectivity index (χ1n) is 5.55. The van der Waals surface area contributed by atoms with Gasteiger partial charge in [0.1, 0.15) is 5.56 Å². The summed E-state index contributed by atoms with van der Waals surface area (Å²) in [6.07, 6.45) is 0. The van der Waals surface area contributed by atoms with Crippen molar-refractivity contribution in [2.24, 2.45) is 0 Å². The molecular formula is C12H16N2O5. The first-order chi connectivity index (χ1) is 8.80. The van der Waals surface area contributed by atoms with Crippen molar-refractivity contribution in [1.82, 2.24) is 10.3 Å². The van der Waals surface area contributed by atoms with Crippen molar-refractivity contribution in [2.45, 2.75) is 19.4 Å². The lowest BCUT2D eigenvalue weighted by Crippen LogP contribution is -2.56. The highest BCUT2D eigenvalue weighted by Crippen LogP contribution is 2.06. The number of carboxylic acids is 1. The molecule has 0 fully saturated rings. The van der Waals surface area contributed by atoms with Crippen LogP contribution in [0, 0.1) is 6.92 Å². The molecular weight excluding hydrogens is 252 g/mol. The molecule has 7 heteroatoms. The number of aliphatic carboxylic acids is 1. The SMILES string of the molecule is COCC(C)(NC(=O)c1ccc(C)[nH]c1=O)C(=O)O. The van der Waals surface area contributed by atoms with Gasteiger partial charge in [-0.15, -0.1) is 0 Å². The van der Waals surface area contributed by atoms with Gasteiger partial charge < -0.3 is 20.1 Å². The Balaban J connectivity index is 3.01. The number of carbonyl (C=O) groups is 2. The van der Waals surface area contributed by atoms with Crippen LogP contribution >= 0.6 is 0 Å². The van der Waals surface area contributed by atoms with Gasteiger partial charge in [0.2, 0.25) is 0 Å². The predicted molar refractivity (Wildman–Crippen MR) is 67.2 cm³/mol.